The molecule has 0 atom stereocenters. The molecule has 0 aromatic carbocycles. The molecule has 58 valence electrons. The first-order valence-electron chi connectivity index (χ1n) is 3.79. The summed E-state index contributed by atoms with van der Waals surface area (Å²) in [6, 6.07) is 0. The second-order valence-corrected chi connectivity index (χ2v) is 4.17. The molecule has 0 unspecified atom stereocenters. The van der Waals surface area contributed by atoms with Crippen molar-refractivity contribution in [3.63, 3.8) is 0 Å². The summed E-state index contributed by atoms with van der Waals surface area (Å²) in [7, 11) is 0. The molecule has 0 radical (unpaired) electrons. The van der Waals surface area contributed by atoms with E-state index < -0.39 is 0 Å². The van der Waals surface area contributed by atoms with Crippen molar-refractivity contribution in [3.8, 4) is 0 Å². The molecule has 1 saturated carbocycles. The summed E-state index contributed by atoms with van der Waals surface area (Å²) in [4.78, 5) is 0. The van der Waals surface area contributed by atoms with Gasteiger partial charge in [0.1, 0.15) is 0 Å². The van der Waals surface area contributed by atoms with E-state index in [1.165, 1.54) is 5.71 Å². The maximum atomic E-state index is 5.13. The van der Waals surface area contributed by atoms with Gasteiger partial charge < -0.3 is 5.84 Å². The third-order valence-corrected chi connectivity index (χ3v) is 2.37. The van der Waals surface area contributed by atoms with Gasteiger partial charge in [-0.3, -0.25) is 0 Å². The van der Waals surface area contributed by atoms with Gasteiger partial charge >= 0.3 is 0 Å². The third-order valence-electron chi connectivity index (χ3n) is 2.37. The van der Waals surface area contributed by atoms with Crippen LogP contribution in [0.1, 0.15) is 33.6 Å². The Morgan fingerprint density at radius 1 is 1.40 bits per heavy atom. The van der Waals surface area contributed by atoms with Crippen molar-refractivity contribution in [2.75, 3.05) is 0 Å². The Morgan fingerprint density at radius 3 is 2.20 bits per heavy atom. The number of hydrogen-bond donors (Lipinski definition) is 1. The van der Waals surface area contributed by atoms with Crippen LogP contribution in [0.3, 0.4) is 0 Å². The van der Waals surface area contributed by atoms with E-state index in [4.69, 9.17) is 5.84 Å². The molecule has 0 amide bonds. The highest BCUT2D eigenvalue weighted by atomic mass is 15.1. The fourth-order valence-electron chi connectivity index (χ4n) is 1.23. The van der Waals surface area contributed by atoms with Crippen LogP contribution in [0.4, 0.5) is 0 Å². The average Bonchev–Trinajstić information content (AvgIpc) is 1.57. The molecular formula is C8H16N2. The monoisotopic (exact) mass is 140 g/mol. The summed E-state index contributed by atoms with van der Waals surface area (Å²) in [5.41, 5.74) is 1.62. The highest BCUT2D eigenvalue weighted by Gasteiger charge is 2.34. The predicted octanol–water partition coefficient (Wildman–Crippen LogP) is 1.76. The minimum Gasteiger partial charge on any atom is -0.323 e. The van der Waals surface area contributed by atoms with Crippen molar-refractivity contribution in [1.29, 1.82) is 0 Å². The molecule has 1 aliphatic carbocycles. The van der Waals surface area contributed by atoms with Crippen LogP contribution in [-0.4, -0.2) is 5.71 Å². The normalized spacial score (nSPS) is 25.9. The standard InChI is InChI=1S/C8H16N2/c1-8(2,3)6-4-7(5-6)10-9/h6H,4-5,9H2,1-3H3. The van der Waals surface area contributed by atoms with Crippen LogP contribution in [0.25, 0.3) is 0 Å². The van der Waals surface area contributed by atoms with Crippen LogP contribution >= 0.6 is 0 Å². The lowest BCUT2D eigenvalue weighted by Crippen LogP contribution is -2.34. The Hall–Kier alpha value is -0.530. The van der Waals surface area contributed by atoms with E-state index in [0.29, 0.717) is 5.41 Å². The Bertz CT molecular complexity index is 145. The highest BCUT2D eigenvalue weighted by Crippen LogP contribution is 2.39. The first-order chi connectivity index (χ1) is 4.54. The van der Waals surface area contributed by atoms with Crippen LogP contribution in [0.2, 0.25) is 0 Å². The zero-order chi connectivity index (χ0) is 7.78. The van der Waals surface area contributed by atoms with E-state index in [1.54, 1.807) is 0 Å². The van der Waals surface area contributed by atoms with Gasteiger partial charge in [-0.05, 0) is 24.2 Å². The smallest absolute Gasteiger partial charge is 0.0382 e. The lowest BCUT2D eigenvalue weighted by atomic mass is 9.67. The number of nitrogens with zero attached hydrogens (tertiary/aromatic N) is 1. The fraction of sp³-hybridized carbons (Fsp3) is 0.875. The van der Waals surface area contributed by atoms with Crippen molar-refractivity contribution in [1.82, 2.24) is 0 Å². The van der Waals surface area contributed by atoms with Crippen LogP contribution in [0.5, 0.6) is 0 Å². The van der Waals surface area contributed by atoms with Crippen LogP contribution in [0.15, 0.2) is 5.10 Å². The van der Waals surface area contributed by atoms with Crippen molar-refractivity contribution >= 4 is 5.71 Å². The van der Waals surface area contributed by atoms with Gasteiger partial charge in [-0.15, -0.1) is 0 Å². The van der Waals surface area contributed by atoms with Gasteiger partial charge in [0.2, 0.25) is 0 Å². The molecular weight excluding hydrogens is 124 g/mol. The van der Waals surface area contributed by atoms with E-state index in [0.717, 1.165) is 18.8 Å². The maximum Gasteiger partial charge on any atom is 0.0382 e. The fourth-order valence-corrected chi connectivity index (χ4v) is 1.23. The topological polar surface area (TPSA) is 38.4 Å². The van der Waals surface area contributed by atoms with Crippen LogP contribution < -0.4 is 5.84 Å². The molecule has 0 spiro atoms. The minimum absolute atomic E-state index is 0.439. The summed E-state index contributed by atoms with van der Waals surface area (Å²) in [5.74, 6) is 5.93. The zero-order valence-corrected chi connectivity index (χ0v) is 7.02. The molecule has 0 heterocycles. The summed E-state index contributed by atoms with van der Waals surface area (Å²) in [6.07, 6.45) is 2.22. The SMILES string of the molecule is CC(C)(C)C1CC(=NN)C1. The molecule has 2 heteroatoms. The molecule has 0 aromatic rings. The molecule has 0 aliphatic heterocycles. The van der Waals surface area contributed by atoms with Gasteiger partial charge in [-0.2, -0.15) is 5.10 Å². The van der Waals surface area contributed by atoms with Gasteiger partial charge in [0.05, 0.1) is 0 Å². The second kappa shape index (κ2) is 2.26. The quantitative estimate of drug-likeness (QED) is 0.404. The van der Waals surface area contributed by atoms with E-state index in [1.807, 2.05) is 0 Å². The van der Waals surface area contributed by atoms with Crippen molar-refractivity contribution in [2.45, 2.75) is 33.6 Å². The van der Waals surface area contributed by atoms with Gasteiger partial charge in [0, 0.05) is 5.71 Å². The second-order valence-electron chi connectivity index (χ2n) is 4.17. The number of rotatable bonds is 0. The number of hydrazone groups is 1. The maximum absolute atomic E-state index is 5.13. The lowest BCUT2D eigenvalue weighted by molar-refractivity contribution is 0.225. The molecule has 10 heavy (non-hydrogen) atoms. The molecule has 1 rings (SSSR count). The molecule has 2 nitrogen and oxygen atoms in total. The predicted molar refractivity (Wildman–Crippen MR) is 43.8 cm³/mol. The first kappa shape index (κ1) is 7.58. The summed E-state index contributed by atoms with van der Waals surface area (Å²) in [5, 5.41) is 3.67. The summed E-state index contributed by atoms with van der Waals surface area (Å²) in [6.45, 7) is 6.81. The van der Waals surface area contributed by atoms with Gasteiger partial charge in [0.15, 0.2) is 0 Å². The van der Waals surface area contributed by atoms with Crippen molar-refractivity contribution in [2.24, 2.45) is 22.3 Å². The molecule has 1 aliphatic rings. The molecule has 0 saturated heterocycles. The Morgan fingerprint density at radius 2 is 1.90 bits per heavy atom. The van der Waals surface area contributed by atoms with Gasteiger partial charge in [-0.1, -0.05) is 20.8 Å². The zero-order valence-electron chi connectivity index (χ0n) is 7.02. The van der Waals surface area contributed by atoms with E-state index in [9.17, 15) is 0 Å². The average molecular weight is 140 g/mol. The van der Waals surface area contributed by atoms with Crippen LogP contribution in [-0.2, 0) is 0 Å². The van der Waals surface area contributed by atoms with E-state index in [-0.39, 0.29) is 0 Å². The largest absolute Gasteiger partial charge is 0.323 e. The van der Waals surface area contributed by atoms with Gasteiger partial charge in [0.25, 0.3) is 0 Å². The minimum atomic E-state index is 0.439. The van der Waals surface area contributed by atoms with Crippen molar-refractivity contribution < 1.29 is 0 Å². The number of hydrogen-bond acceptors (Lipinski definition) is 2. The van der Waals surface area contributed by atoms with Crippen molar-refractivity contribution in [3.05, 3.63) is 0 Å². The molecule has 0 bridgehead atoms. The third kappa shape index (κ3) is 1.31. The summed E-state index contributed by atoms with van der Waals surface area (Å²) < 4.78 is 0. The summed E-state index contributed by atoms with van der Waals surface area (Å²) >= 11 is 0. The van der Waals surface area contributed by atoms with Crippen LogP contribution in [0, 0.1) is 11.3 Å². The molecule has 2 N–H and O–H groups in total. The molecule has 1 fully saturated rings. The number of nitrogens with two attached hydrogens (primary N) is 1. The van der Waals surface area contributed by atoms with Gasteiger partial charge in [-0.25, -0.2) is 0 Å². The highest BCUT2D eigenvalue weighted by molar-refractivity contribution is 5.90. The Kier molecular flexibility index (Phi) is 1.71. The first-order valence-corrected chi connectivity index (χ1v) is 3.79. The van der Waals surface area contributed by atoms with E-state index in [2.05, 4.69) is 25.9 Å². The lowest BCUT2D eigenvalue weighted by Gasteiger charge is -2.38. The Balaban J connectivity index is 2.40. The van der Waals surface area contributed by atoms with E-state index >= 15 is 0 Å². The molecule has 0 aromatic heterocycles. The Labute approximate surface area is 62.5 Å².